The van der Waals surface area contributed by atoms with Crippen molar-refractivity contribution in [2.75, 3.05) is 15.5 Å². The average molecular weight is 1120 g/mol. The van der Waals surface area contributed by atoms with E-state index in [0.29, 0.717) is 11.4 Å². The molecule has 0 amide bonds. The summed E-state index contributed by atoms with van der Waals surface area (Å²) in [5, 5.41) is 4.99. The van der Waals surface area contributed by atoms with Crippen LogP contribution in [0.2, 0.25) is 0 Å². The van der Waals surface area contributed by atoms with E-state index in [9.17, 15) is 0 Å². The number of nitrogen functional groups attached to an aromatic ring is 1. The minimum absolute atomic E-state index is 0.601. The summed E-state index contributed by atoms with van der Waals surface area (Å²) in [5.74, 6) is 0. The Bertz CT molecular complexity index is 4900. The Morgan fingerprint density at radius 2 is 0.575 bits per heavy atom. The Morgan fingerprint density at radius 3 is 0.943 bits per heavy atom. The van der Waals surface area contributed by atoms with E-state index in [2.05, 4.69) is 329 Å². The zero-order valence-electron chi connectivity index (χ0n) is 47.7. The van der Waals surface area contributed by atoms with Crippen molar-refractivity contribution in [3.63, 3.8) is 0 Å². The molecule has 412 valence electrons. The molecule has 6 heteroatoms. The number of fused-ring (bicyclic) bond motifs is 6. The minimum Gasteiger partial charge on any atom is -0.397 e. The largest absolute Gasteiger partial charge is 0.397 e. The van der Waals surface area contributed by atoms with Gasteiger partial charge < -0.3 is 24.7 Å². The molecule has 0 aliphatic carbocycles. The molecule has 0 radical (unpaired) electrons. The molecular formula is C81H58N6. The first-order chi connectivity index (χ1) is 43.0. The van der Waals surface area contributed by atoms with Crippen molar-refractivity contribution in [3.05, 3.63) is 345 Å². The normalized spacial score (nSPS) is 11.6. The maximum Gasteiger partial charge on any atom is 0.0866 e. The standard InChI is InChI=1S/C81H58N6/c1-56(57-32-34-58(35-33-57)60-40-44-65(45-41-60)84(63-18-4-2-5-19-63)67-48-52-69(53-49-67)86-77-28-14-8-22-71(77)72-23-9-15-29-78(72)86)81(83-76-27-13-12-26-75(76)82)62-38-36-59(37-39-62)61-42-46-66(47-43-61)85(64-20-6-3-7-21-64)68-50-54-70(55-51-68)87-79-30-16-10-24-73(79)74-25-11-17-31-80(74)87/h2-55H,1,82H2. The molecule has 0 atom stereocenters. The monoisotopic (exact) mass is 1110 g/mol. The van der Waals surface area contributed by atoms with Crippen molar-refractivity contribution in [1.29, 1.82) is 0 Å². The van der Waals surface area contributed by atoms with Gasteiger partial charge in [-0.25, -0.2) is 4.99 Å². The van der Waals surface area contributed by atoms with E-state index in [1.165, 1.54) is 43.6 Å². The summed E-state index contributed by atoms with van der Waals surface area (Å²) in [6.45, 7) is 4.68. The molecule has 15 aromatic rings. The lowest BCUT2D eigenvalue weighted by Crippen LogP contribution is -2.10. The molecule has 0 spiro atoms. The summed E-state index contributed by atoms with van der Waals surface area (Å²) < 4.78 is 4.71. The Hall–Kier alpha value is -11.7. The predicted molar refractivity (Wildman–Crippen MR) is 368 cm³/mol. The van der Waals surface area contributed by atoms with Crippen LogP contribution in [-0.4, -0.2) is 14.8 Å². The van der Waals surface area contributed by atoms with Gasteiger partial charge in [0, 0.05) is 78.2 Å². The van der Waals surface area contributed by atoms with E-state index >= 15 is 0 Å². The van der Waals surface area contributed by atoms with Crippen molar-refractivity contribution >= 4 is 100 Å². The molecule has 2 aromatic heterocycles. The summed E-state index contributed by atoms with van der Waals surface area (Å²) >= 11 is 0. The van der Waals surface area contributed by atoms with Crippen molar-refractivity contribution < 1.29 is 0 Å². The lowest BCUT2D eigenvalue weighted by Gasteiger charge is -2.26. The lowest BCUT2D eigenvalue weighted by molar-refractivity contribution is 1.17. The second kappa shape index (κ2) is 22.4. The van der Waals surface area contributed by atoms with Gasteiger partial charge in [0.2, 0.25) is 0 Å². The van der Waals surface area contributed by atoms with Gasteiger partial charge in [0.1, 0.15) is 0 Å². The van der Waals surface area contributed by atoms with Gasteiger partial charge in [-0.15, -0.1) is 0 Å². The highest BCUT2D eigenvalue weighted by atomic mass is 15.1. The van der Waals surface area contributed by atoms with Crippen LogP contribution in [0.15, 0.2) is 339 Å². The molecule has 87 heavy (non-hydrogen) atoms. The fourth-order valence-corrected chi connectivity index (χ4v) is 12.4. The fourth-order valence-electron chi connectivity index (χ4n) is 12.4. The molecule has 0 bridgehead atoms. The van der Waals surface area contributed by atoms with Gasteiger partial charge in [0.05, 0.1) is 39.2 Å². The number of hydrogen-bond donors (Lipinski definition) is 1. The van der Waals surface area contributed by atoms with Crippen LogP contribution in [0, 0.1) is 0 Å². The van der Waals surface area contributed by atoms with Gasteiger partial charge in [-0.2, -0.15) is 0 Å². The van der Waals surface area contributed by atoms with Crippen LogP contribution >= 0.6 is 0 Å². The van der Waals surface area contributed by atoms with Crippen LogP contribution in [0.3, 0.4) is 0 Å². The average Bonchev–Trinajstić information content (AvgIpc) is 1.88. The van der Waals surface area contributed by atoms with Crippen LogP contribution in [-0.2, 0) is 0 Å². The van der Waals surface area contributed by atoms with E-state index in [-0.39, 0.29) is 0 Å². The van der Waals surface area contributed by atoms with Crippen LogP contribution in [0.5, 0.6) is 0 Å². The number of aliphatic imine (C=N–C) groups is 1. The maximum atomic E-state index is 6.55. The lowest BCUT2D eigenvalue weighted by atomic mass is 9.94. The molecule has 0 saturated heterocycles. The van der Waals surface area contributed by atoms with Gasteiger partial charge in [0.25, 0.3) is 0 Å². The SMILES string of the molecule is C=C(C(=Nc1ccccc1N)c1ccc(-c2ccc(N(c3ccccc3)c3ccc(-n4c5ccccc5c5ccccc54)cc3)cc2)cc1)c1ccc(-c2ccc(N(c3ccccc3)c3ccc(-n4c5ccccc5c5ccccc54)cc3)cc2)cc1. The van der Waals surface area contributed by atoms with E-state index in [1.807, 2.05) is 24.3 Å². The van der Waals surface area contributed by atoms with Gasteiger partial charge in [-0.3, -0.25) is 0 Å². The molecular weight excluding hydrogens is 1060 g/mol. The number of nitrogens with two attached hydrogens (primary N) is 1. The number of allylic oxidation sites excluding steroid dienone is 1. The van der Waals surface area contributed by atoms with Crippen LogP contribution in [0.4, 0.5) is 45.5 Å². The smallest absolute Gasteiger partial charge is 0.0866 e. The zero-order valence-corrected chi connectivity index (χ0v) is 47.7. The first kappa shape index (κ1) is 52.1. The topological polar surface area (TPSA) is 54.7 Å². The Morgan fingerprint density at radius 1 is 0.287 bits per heavy atom. The van der Waals surface area contributed by atoms with E-state index in [4.69, 9.17) is 10.7 Å². The third-order valence-corrected chi connectivity index (χ3v) is 16.7. The Labute approximate surface area is 506 Å². The fraction of sp³-hybridized carbons (Fsp3) is 0. The highest BCUT2D eigenvalue weighted by Gasteiger charge is 2.19. The molecule has 2 heterocycles. The Balaban J connectivity index is 0.684. The molecule has 0 aliphatic heterocycles. The van der Waals surface area contributed by atoms with Gasteiger partial charge in [-0.05, 0) is 161 Å². The highest BCUT2D eigenvalue weighted by molar-refractivity contribution is 6.32. The summed E-state index contributed by atoms with van der Waals surface area (Å²) in [6, 6.07) is 116. The minimum atomic E-state index is 0.601. The summed E-state index contributed by atoms with van der Waals surface area (Å²) in [7, 11) is 0. The molecule has 13 aromatic carbocycles. The maximum absolute atomic E-state index is 6.55. The second-order valence-electron chi connectivity index (χ2n) is 21.9. The second-order valence-corrected chi connectivity index (χ2v) is 21.9. The number of anilines is 7. The Kier molecular flexibility index (Phi) is 13.4. The van der Waals surface area contributed by atoms with Crippen LogP contribution in [0.25, 0.3) is 82.8 Å². The molecule has 0 saturated carbocycles. The van der Waals surface area contributed by atoms with Crippen molar-refractivity contribution in [1.82, 2.24) is 9.13 Å². The van der Waals surface area contributed by atoms with Gasteiger partial charge >= 0.3 is 0 Å². The number of hydrogen-bond acceptors (Lipinski definition) is 4. The number of rotatable bonds is 14. The first-order valence-electron chi connectivity index (χ1n) is 29.4. The number of nitrogens with zero attached hydrogens (tertiary/aromatic N) is 5. The molecule has 0 unspecified atom stereocenters. The van der Waals surface area contributed by atoms with E-state index in [0.717, 1.165) is 90.2 Å². The van der Waals surface area contributed by atoms with Crippen molar-refractivity contribution in [2.45, 2.75) is 0 Å². The van der Waals surface area contributed by atoms with Crippen LogP contribution in [0.1, 0.15) is 11.1 Å². The predicted octanol–water partition coefficient (Wildman–Crippen LogP) is 21.6. The van der Waals surface area contributed by atoms with E-state index in [1.54, 1.807) is 0 Å². The van der Waals surface area contributed by atoms with Crippen molar-refractivity contribution in [2.24, 2.45) is 4.99 Å². The number of para-hydroxylation sites is 8. The molecule has 0 fully saturated rings. The number of aromatic nitrogens is 2. The third-order valence-electron chi connectivity index (χ3n) is 16.7. The molecule has 15 rings (SSSR count). The summed E-state index contributed by atoms with van der Waals surface area (Å²) in [6.07, 6.45) is 0. The summed E-state index contributed by atoms with van der Waals surface area (Å²) in [4.78, 5) is 9.84. The third kappa shape index (κ3) is 9.77. The highest BCUT2D eigenvalue weighted by Crippen LogP contribution is 2.41. The van der Waals surface area contributed by atoms with Gasteiger partial charge in [0.15, 0.2) is 0 Å². The molecule has 6 nitrogen and oxygen atoms in total. The zero-order chi connectivity index (χ0) is 58.2. The number of benzene rings is 13. The van der Waals surface area contributed by atoms with Crippen LogP contribution < -0.4 is 15.5 Å². The van der Waals surface area contributed by atoms with Gasteiger partial charge in [-0.1, -0.05) is 201 Å². The van der Waals surface area contributed by atoms with E-state index < -0.39 is 0 Å². The first-order valence-corrected chi connectivity index (χ1v) is 29.4. The molecule has 2 N–H and O–H groups in total. The molecule has 0 aliphatic rings. The van der Waals surface area contributed by atoms with Crippen molar-refractivity contribution in [3.8, 4) is 33.6 Å². The quantitative estimate of drug-likeness (QED) is 0.0872. The summed E-state index contributed by atoms with van der Waals surface area (Å²) in [5.41, 5.74) is 29.1.